The molecule has 0 spiro atoms. The minimum atomic E-state index is -0.0125. The highest BCUT2D eigenvalue weighted by Crippen LogP contribution is 2.15. The normalized spacial score (nSPS) is 13.6. The fraction of sp³-hybridized carbons (Fsp3) is 0.333. The lowest BCUT2D eigenvalue weighted by Crippen LogP contribution is -2.10. The molecule has 0 saturated heterocycles. The Morgan fingerprint density at radius 2 is 2.13 bits per heavy atom. The monoisotopic (exact) mass is 205 g/mol. The van der Waals surface area contributed by atoms with Gasteiger partial charge in [0.25, 0.3) is 0 Å². The summed E-state index contributed by atoms with van der Waals surface area (Å²) < 4.78 is 4.87. The van der Waals surface area contributed by atoms with Crippen LogP contribution in [0.15, 0.2) is 35.3 Å². The molecule has 15 heavy (non-hydrogen) atoms. The Morgan fingerprint density at radius 1 is 1.47 bits per heavy atom. The van der Waals surface area contributed by atoms with E-state index >= 15 is 0 Å². The predicted octanol–water partition coefficient (Wildman–Crippen LogP) is 2.03. The molecule has 0 radical (unpaired) electrons. The standard InChI is InChI=1S/C12H15NO2/c1-10(11-6-4-3-5-7-11)13-12(8-14)9-15-2/h3-8,10H,9H2,1-2H3/b13-12+. The quantitative estimate of drug-likeness (QED) is 0.545. The third-order valence-corrected chi connectivity index (χ3v) is 2.07. The van der Waals surface area contributed by atoms with Gasteiger partial charge in [-0.05, 0) is 12.5 Å². The Morgan fingerprint density at radius 3 is 2.67 bits per heavy atom. The topological polar surface area (TPSA) is 38.7 Å². The second-order valence-corrected chi connectivity index (χ2v) is 3.26. The molecule has 0 aromatic heterocycles. The number of ether oxygens (including phenoxy) is 1. The minimum Gasteiger partial charge on any atom is -0.378 e. The number of aliphatic imine (C=N–C) groups is 1. The first-order chi connectivity index (χ1) is 7.27. The van der Waals surface area contributed by atoms with Crippen molar-refractivity contribution in [2.45, 2.75) is 13.0 Å². The van der Waals surface area contributed by atoms with Crippen LogP contribution in [0.5, 0.6) is 0 Å². The zero-order chi connectivity index (χ0) is 11.1. The van der Waals surface area contributed by atoms with Crippen molar-refractivity contribution in [1.82, 2.24) is 0 Å². The third-order valence-electron chi connectivity index (χ3n) is 2.07. The molecule has 0 amide bonds. The van der Waals surface area contributed by atoms with Gasteiger partial charge in [0.15, 0.2) is 6.29 Å². The van der Waals surface area contributed by atoms with Gasteiger partial charge in [0, 0.05) is 7.11 Å². The molecule has 1 rings (SSSR count). The number of hydrogen-bond acceptors (Lipinski definition) is 3. The van der Waals surface area contributed by atoms with Crippen LogP contribution in [0.4, 0.5) is 0 Å². The van der Waals surface area contributed by atoms with Gasteiger partial charge in [-0.2, -0.15) is 0 Å². The second kappa shape index (κ2) is 6.09. The average molecular weight is 205 g/mol. The molecule has 80 valence electrons. The predicted molar refractivity (Wildman–Crippen MR) is 60.2 cm³/mol. The van der Waals surface area contributed by atoms with E-state index in [-0.39, 0.29) is 12.6 Å². The summed E-state index contributed by atoms with van der Waals surface area (Å²) in [5, 5.41) is 0. The zero-order valence-corrected chi connectivity index (χ0v) is 9.01. The highest BCUT2D eigenvalue weighted by Gasteiger charge is 2.04. The summed E-state index contributed by atoms with van der Waals surface area (Å²) in [7, 11) is 1.55. The van der Waals surface area contributed by atoms with Gasteiger partial charge in [-0.15, -0.1) is 0 Å². The van der Waals surface area contributed by atoms with E-state index in [0.717, 1.165) is 11.8 Å². The van der Waals surface area contributed by atoms with Crippen molar-refractivity contribution < 1.29 is 9.53 Å². The first kappa shape index (κ1) is 11.6. The minimum absolute atomic E-state index is 0.0125. The van der Waals surface area contributed by atoms with Crippen LogP contribution in [0.1, 0.15) is 18.5 Å². The van der Waals surface area contributed by atoms with Gasteiger partial charge in [0.1, 0.15) is 5.71 Å². The van der Waals surface area contributed by atoms with Crippen molar-refractivity contribution in [1.29, 1.82) is 0 Å². The number of methoxy groups -OCH3 is 1. The van der Waals surface area contributed by atoms with E-state index in [0.29, 0.717) is 5.71 Å². The first-order valence-electron chi connectivity index (χ1n) is 4.83. The van der Waals surface area contributed by atoms with E-state index in [2.05, 4.69) is 4.99 Å². The summed E-state index contributed by atoms with van der Waals surface area (Å²) in [4.78, 5) is 14.9. The lowest BCUT2D eigenvalue weighted by molar-refractivity contribution is -0.103. The molecule has 0 N–H and O–H groups in total. The van der Waals surface area contributed by atoms with Crippen LogP contribution in [0.2, 0.25) is 0 Å². The first-order valence-corrected chi connectivity index (χ1v) is 4.83. The lowest BCUT2D eigenvalue weighted by Gasteiger charge is -2.07. The van der Waals surface area contributed by atoms with Crippen LogP contribution in [-0.2, 0) is 9.53 Å². The van der Waals surface area contributed by atoms with Crippen molar-refractivity contribution >= 4 is 12.0 Å². The van der Waals surface area contributed by atoms with E-state index in [4.69, 9.17) is 4.74 Å². The van der Waals surface area contributed by atoms with Gasteiger partial charge in [0.05, 0.1) is 12.6 Å². The van der Waals surface area contributed by atoms with Crippen LogP contribution in [-0.4, -0.2) is 25.7 Å². The maximum Gasteiger partial charge on any atom is 0.166 e. The number of carbonyl (C=O) groups excluding carboxylic acids is 1. The Balaban J connectivity index is 2.76. The van der Waals surface area contributed by atoms with Crippen molar-refractivity contribution in [3.8, 4) is 0 Å². The Hall–Kier alpha value is -1.48. The Kier molecular flexibility index (Phi) is 4.71. The van der Waals surface area contributed by atoms with E-state index < -0.39 is 0 Å². The van der Waals surface area contributed by atoms with E-state index in [9.17, 15) is 4.79 Å². The molecular formula is C12H15NO2. The summed E-state index contributed by atoms with van der Waals surface area (Å²) in [5.74, 6) is 0. The number of nitrogens with zero attached hydrogens (tertiary/aromatic N) is 1. The van der Waals surface area contributed by atoms with Gasteiger partial charge in [-0.3, -0.25) is 9.79 Å². The van der Waals surface area contributed by atoms with Crippen LogP contribution in [0, 0.1) is 0 Å². The molecule has 0 aliphatic carbocycles. The smallest absolute Gasteiger partial charge is 0.166 e. The molecule has 0 heterocycles. The fourth-order valence-corrected chi connectivity index (χ4v) is 1.30. The van der Waals surface area contributed by atoms with Crippen molar-refractivity contribution in [3.63, 3.8) is 0 Å². The van der Waals surface area contributed by atoms with Crippen LogP contribution in [0.3, 0.4) is 0 Å². The van der Waals surface area contributed by atoms with Crippen LogP contribution in [0.25, 0.3) is 0 Å². The maximum absolute atomic E-state index is 10.7. The molecule has 0 saturated carbocycles. The van der Waals surface area contributed by atoms with Gasteiger partial charge < -0.3 is 4.74 Å². The molecular weight excluding hydrogens is 190 g/mol. The molecule has 3 nitrogen and oxygen atoms in total. The second-order valence-electron chi connectivity index (χ2n) is 3.26. The fourth-order valence-electron chi connectivity index (χ4n) is 1.30. The summed E-state index contributed by atoms with van der Waals surface area (Å²) in [5.41, 5.74) is 1.53. The zero-order valence-electron chi connectivity index (χ0n) is 9.01. The van der Waals surface area contributed by atoms with Gasteiger partial charge >= 0.3 is 0 Å². The number of aldehydes is 1. The maximum atomic E-state index is 10.7. The van der Waals surface area contributed by atoms with Gasteiger partial charge in [-0.25, -0.2) is 0 Å². The molecule has 0 fully saturated rings. The van der Waals surface area contributed by atoms with Gasteiger partial charge in [0.2, 0.25) is 0 Å². The molecule has 1 aromatic carbocycles. The summed E-state index contributed by atoms with van der Waals surface area (Å²) in [6.45, 7) is 2.22. The number of benzene rings is 1. The summed E-state index contributed by atoms with van der Waals surface area (Å²) >= 11 is 0. The van der Waals surface area contributed by atoms with Crippen LogP contribution >= 0.6 is 0 Å². The van der Waals surface area contributed by atoms with Gasteiger partial charge in [-0.1, -0.05) is 30.3 Å². The molecule has 1 atom stereocenters. The molecule has 0 bridgehead atoms. The molecule has 0 aliphatic rings. The van der Waals surface area contributed by atoms with E-state index in [1.807, 2.05) is 37.3 Å². The van der Waals surface area contributed by atoms with Crippen molar-refractivity contribution in [3.05, 3.63) is 35.9 Å². The number of rotatable bonds is 5. The van der Waals surface area contributed by atoms with E-state index in [1.54, 1.807) is 7.11 Å². The molecule has 3 heteroatoms. The summed E-state index contributed by atoms with van der Waals surface area (Å²) in [6.07, 6.45) is 0.739. The Bertz CT molecular complexity index is 333. The summed E-state index contributed by atoms with van der Waals surface area (Å²) in [6, 6.07) is 9.83. The Labute approximate surface area is 89.8 Å². The molecule has 1 unspecified atom stereocenters. The van der Waals surface area contributed by atoms with Crippen LogP contribution < -0.4 is 0 Å². The van der Waals surface area contributed by atoms with Crippen molar-refractivity contribution in [2.75, 3.05) is 13.7 Å². The largest absolute Gasteiger partial charge is 0.378 e. The third kappa shape index (κ3) is 3.64. The van der Waals surface area contributed by atoms with E-state index in [1.165, 1.54) is 0 Å². The highest BCUT2D eigenvalue weighted by molar-refractivity contribution is 6.29. The number of carbonyl (C=O) groups is 1. The average Bonchev–Trinajstić information content (AvgIpc) is 2.29. The number of hydrogen-bond donors (Lipinski definition) is 0. The molecule has 1 aromatic rings. The lowest BCUT2D eigenvalue weighted by atomic mass is 10.1. The highest BCUT2D eigenvalue weighted by atomic mass is 16.5. The van der Waals surface area contributed by atoms with Crippen molar-refractivity contribution in [2.24, 2.45) is 4.99 Å². The SMILES string of the molecule is COC/C(C=O)=N/C(C)c1ccccc1. The molecule has 0 aliphatic heterocycles.